The van der Waals surface area contributed by atoms with E-state index in [1.807, 2.05) is 6.92 Å². The van der Waals surface area contributed by atoms with Gasteiger partial charge in [0.15, 0.2) is 0 Å². The van der Waals surface area contributed by atoms with Crippen molar-refractivity contribution < 1.29 is 9.53 Å². The lowest BCUT2D eigenvalue weighted by atomic mass is 9.86. The summed E-state index contributed by atoms with van der Waals surface area (Å²) in [4.78, 5) is 11.5. The molecule has 0 heterocycles. The highest BCUT2D eigenvalue weighted by Gasteiger charge is 2.48. The highest BCUT2D eigenvalue weighted by atomic mass is 16.5. The SMILES string of the molecule is CCOC(=O)[C@H]1CC1[C@@H]1CC=C(C)CC1. The van der Waals surface area contributed by atoms with E-state index in [9.17, 15) is 4.79 Å². The Morgan fingerprint density at radius 2 is 2.40 bits per heavy atom. The Labute approximate surface area is 91.7 Å². The zero-order valence-electron chi connectivity index (χ0n) is 9.66. The molecular weight excluding hydrogens is 188 g/mol. The minimum Gasteiger partial charge on any atom is -0.466 e. The van der Waals surface area contributed by atoms with Crippen LogP contribution < -0.4 is 0 Å². The Hall–Kier alpha value is -0.790. The summed E-state index contributed by atoms with van der Waals surface area (Å²) in [5.41, 5.74) is 1.51. The van der Waals surface area contributed by atoms with Crippen molar-refractivity contribution in [3.05, 3.63) is 11.6 Å². The van der Waals surface area contributed by atoms with Crippen LogP contribution in [-0.4, -0.2) is 12.6 Å². The Morgan fingerprint density at radius 3 is 3.00 bits per heavy atom. The van der Waals surface area contributed by atoms with Crippen LogP contribution in [0.1, 0.15) is 39.5 Å². The first-order valence-corrected chi connectivity index (χ1v) is 6.04. The van der Waals surface area contributed by atoms with Gasteiger partial charge in [0.2, 0.25) is 0 Å². The third-order valence-corrected chi connectivity index (χ3v) is 3.71. The Bertz CT molecular complexity index is 280. The van der Waals surface area contributed by atoms with Crippen LogP contribution in [0.5, 0.6) is 0 Å². The molecule has 0 spiro atoms. The summed E-state index contributed by atoms with van der Waals surface area (Å²) in [5.74, 6) is 1.62. The minimum absolute atomic E-state index is 0.0359. The molecule has 3 atom stereocenters. The predicted molar refractivity (Wildman–Crippen MR) is 59.3 cm³/mol. The fourth-order valence-electron chi connectivity index (χ4n) is 2.63. The van der Waals surface area contributed by atoms with Crippen LogP contribution in [0.3, 0.4) is 0 Å². The quantitative estimate of drug-likeness (QED) is 0.526. The molecule has 2 aliphatic rings. The molecule has 1 unspecified atom stereocenters. The second-order valence-electron chi connectivity index (χ2n) is 4.84. The normalized spacial score (nSPS) is 34.5. The first-order valence-electron chi connectivity index (χ1n) is 6.04. The zero-order chi connectivity index (χ0) is 10.8. The molecule has 1 saturated carbocycles. The monoisotopic (exact) mass is 208 g/mol. The van der Waals surface area contributed by atoms with Gasteiger partial charge in [-0.15, -0.1) is 0 Å². The van der Waals surface area contributed by atoms with Crippen molar-refractivity contribution in [2.24, 2.45) is 17.8 Å². The van der Waals surface area contributed by atoms with Crippen molar-refractivity contribution in [2.75, 3.05) is 6.61 Å². The zero-order valence-corrected chi connectivity index (χ0v) is 9.66. The average molecular weight is 208 g/mol. The summed E-state index contributed by atoms with van der Waals surface area (Å²) < 4.78 is 5.05. The van der Waals surface area contributed by atoms with Crippen molar-refractivity contribution >= 4 is 5.97 Å². The molecule has 15 heavy (non-hydrogen) atoms. The second-order valence-corrected chi connectivity index (χ2v) is 4.84. The van der Waals surface area contributed by atoms with E-state index in [-0.39, 0.29) is 11.9 Å². The molecule has 84 valence electrons. The van der Waals surface area contributed by atoms with E-state index in [4.69, 9.17) is 4.74 Å². The largest absolute Gasteiger partial charge is 0.466 e. The number of esters is 1. The topological polar surface area (TPSA) is 26.3 Å². The van der Waals surface area contributed by atoms with Crippen LogP contribution in [0.2, 0.25) is 0 Å². The van der Waals surface area contributed by atoms with Gasteiger partial charge < -0.3 is 4.74 Å². The number of allylic oxidation sites excluding steroid dienone is 2. The number of hydrogen-bond acceptors (Lipinski definition) is 2. The second kappa shape index (κ2) is 4.38. The molecule has 0 aromatic carbocycles. The first-order chi connectivity index (χ1) is 7.22. The molecule has 0 aromatic heterocycles. The summed E-state index contributed by atoms with van der Waals surface area (Å²) in [6, 6.07) is 0. The molecular formula is C13H20O2. The summed E-state index contributed by atoms with van der Waals surface area (Å²) >= 11 is 0. The maximum Gasteiger partial charge on any atom is 0.309 e. The molecule has 2 aliphatic carbocycles. The van der Waals surface area contributed by atoms with Crippen LogP contribution in [0.25, 0.3) is 0 Å². The van der Waals surface area contributed by atoms with Crippen LogP contribution in [0.4, 0.5) is 0 Å². The van der Waals surface area contributed by atoms with Gasteiger partial charge in [-0.2, -0.15) is 0 Å². The molecule has 0 saturated heterocycles. The summed E-state index contributed by atoms with van der Waals surface area (Å²) in [7, 11) is 0. The van der Waals surface area contributed by atoms with Gasteiger partial charge in [-0.3, -0.25) is 4.79 Å². The Kier molecular flexibility index (Phi) is 3.13. The van der Waals surface area contributed by atoms with Crippen LogP contribution >= 0.6 is 0 Å². The predicted octanol–water partition coefficient (Wildman–Crippen LogP) is 2.93. The highest BCUT2D eigenvalue weighted by Crippen LogP contribution is 2.49. The molecule has 1 fully saturated rings. The number of rotatable bonds is 3. The van der Waals surface area contributed by atoms with E-state index < -0.39 is 0 Å². The van der Waals surface area contributed by atoms with E-state index in [1.165, 1.54) is 24.8 Å². The number of carbonyl (C=O) groups is 1. The molecule has 2 nitrogen and oxygen atoms in total. The maximum atomic E-state index is 11.5. The fourth-order valence-corrected chi connectivity index (χ4v) is 2.63. The van der Waals surface area contributed by atoms with Crippen LogP contribution in [-0.2, 0) is 9.53 Å². The summed E-state index contributed by atoms with van der Waals surface area (Å²) in [6.07, 6.45) is 7.07. The van der Waals surface area contributed by atoms with Gasteiger partial charge in [0.05, 0.1) is 12.5 Å². The molecule has 0 N–H and O–H groups in total. The molecule has 0 radical (unpaired) electrons. The van der Waals surface area contributed by atoms with Gasteiger partial charge >= 0.3 is 5.97 Å². The van der Waals surface area contributed by atoms with E-state index in [0.717, 1.165) is 12.3 Å². The van der Waals surface area contributed by atoms with Crippen molar-refractivity contribution in [1.82, 2.24) is 0 Å². The fraction of sp³-hybridized carbons (Fsp3) is 0.769. The molecule has 0 bridgehead atoms. The maximum absolute atomic E-state index is 11.5. The first kappa shape index (κ1) is 10.7. The molecule has 2 rings (SSSR count). The highest BCUT2D eigenvalue weighted by molar-refractivity contribution is 5.75. The van der Waals surface area contributed by atoms with E-state index in [2.05, 4.69) is 13.0 Å². The average Bonchev–Trinajstić information content (AvgIpc) is 2.99. The van der Waals surface area contributed by atoms with Crippen molar-refractivity contribution in [2.45, 2.75) is 39.5 Å². The van der Waals surface area contributed by atoms with Gasteiger partial charge in [0.1, 0.15) is 0 Å². The Balaban J connectivity index is 1.81. The number of hydrogen-bond donors (Lipinski definition) is 0. The number of carbonyl (C=O) groups excluding carboxylic acids is 1. The molecule has 0 amide bonds. The molecule has 0 aromatic rings. The van der Waals surface area contributed by atoms with Crippen LogP contribution in [0, 0.1) is 17.8 Å². The van der Waals surface area contributed by atoms with Gasteiger partial charge in [0.25, 0.3) is 0 Å². The van der Waals surface area contributed by atoms with Gasteiger partial charge in [-0.25, -0.2) is 0 Å². The Morgan fingerprint density at radius 1 is 1.60 bits per heavy atom. The molecule has 0 aliphatic heterocycles. The van der Waals surface area contributed by atoms with Gasteiger partial charge in [-0.05, 0) is 51.4 Å². The number of ether oxygens (including phenoxy) is 1. The lowest BCUT2D eigenvalue weighted by molar-refractivity contribution is -0.145. The van der Waals surface area contributed by atoms with Crippen molar-refractivity contribution in [1.29, 1.82) is 0 Å². The standard InChI is InChI=1S/C13H20O2/c1-3-15-13(14)12-8-11(12)10-6-4-9(2)5-7-10/h4,10-12H,3,5-8H2,1-2H3/t10-,11?,12+/m1/s1. The van der Waals surface area contributed by atoms with Crippen molar-refractivity contribution in [3.63, 3.8) is 0 Å². The van der Waals surface area contributed by atoms with E-state index in [0.29, 0.717) is 12.5 Å². The van der Waals surface area contributed by atoms with Gasteiger partial charge in [-0.1, -0.05) is 11.6 Å². The molecule has 2 heteroatoms. The minimum atomic E-state index is 0.0359. The summed E-state index contributed by atoms with van der Waals surface area (Å²) in [5, 5.41) is 0. The smallest absolute Gasteiger partial charge is 0.309 e. The van der Waals surface area contributed by atoms with Crippen LogP contribution in [0.15, 0.2) is 11.6 Å². The third-order valence-electron chi connectivity index (χ3n) is 3.71. The van der Waals surface area contributed by atoms with E-state index >= 15 is 0 Å². The summed E-state index contributed by atoms with van der Waals surface area (Å²) in [6.45, 7) is 4.60. The lowest BCUT2D eigenvalue weighted by Crippen LogP contribution is -2.13. The lowest BCUT2D eigenvalue weighted by Gasteiger charge is -2.20. The van der Waals surface area contributed by atoms with E-state index in [1.54, 1.807) is 0 Å². The van der Waals surface area contributed by atoms with Crippen molar-refractivity contribution in [3.8, 4) is 0 Å². The third kappa shape index (κ3) is 2.42. The van der Waals surface area contributed by atoms with Gasteiger partial charge in [0, 0.05) is 0 Å².